The van der Waals surface area contributed by atoms with Crippen LogP contribution in [0.1, 0.15) is 24.2 Å². The molecule has 0 fully saturated rings. The second kappa shape index (κ2) is 6.35. The van der Waals surface area contributed by atoms with E-state index in [-0.39, 0.29) is 11.6 Å². The molecule has 1 atom stereocenters. The summed E-state index contributed by atoms with van der Waals surface area (Å²) in [5.74, 6) is 0.219. The van der Waals surface area contributed by atoms with Gasteiger partial charge in [-0.2, -0.15) is 0 Å². The largest absolute Gasteiger partial charge is 0.478 e. The molecule has 1 unspecified atom stereocenters. The Labute approximate surface area is 108 Å². The van der Waals surface area contributed by atoms with Gasteiger partial charge in [0.05, 0.1) is 5.56 Å². The van der Waals surface area contributed by atoms with E-state index in [1.54, 1.807) is 12.1 Å². The van der Waals surface area contributed by atoms with E-state index in [0.29, 0.717) is 11.7 Å². The third-order valence-electron chi connectivity index (χ3n) is 2.71. The molecule has 0 amide bonds. The molecule has 0 bridgehead atoms. The van der Waals surface area contributed by atoms with Crippen LogP contribution in [0.4, 0.5) is 5.82 Å². The number of aromatic carboxylic acids is 1. The van der Waals surface area contributed by atoms with Crippen molar-refractivity contribution in [3.8, 4) is 0 Å². The smallest absolute Gasteiger partial charge is 0.337 e. The second-order valence-corrected chi connectivity index (χ2v) is 4.99. The Morgan fingerprint density at radius 1 is 1.44 bits per heavy atom. The number of anilines is 1. The van der Waals surface area contributed by atoms with Gasteiger partial charge in [-0.25, -0.2) is 9.78 Å². The highest BCUT2D eigenvalue weighted by Crippen LogP contribution is 2.12. The summed E-state index contributed by atoms with van der Waals surface area (Å²) >= 11 is 0. The molecule has 0 saturated heterocycles. The predicted octanol–water partition coefficient (Wildman–Crippen LogP) is 1.78. The fourth-order valence-electron chi connectivity index (χ4n) is 1.61. The molecule has 0 spiro atoms. The van der Waals surface area contributed by atoms with Crippen LogP contribution in [0.5, 0.6) is 0 Å². The zero-order chi connectivity index (χ0) is 13.7. The highest BCUT2D eigenvalue weighted by Gasteiger charge is 2.14. The van der Waals surface area contributed by atoms with E-state index in [4.69, 9.17) is 5.11 Å². The van der Waals surface area contributed by atoms with Crippen molar-refractivity contribution in [2.24, 2.45) is 5.92 Å². The van der Waals surface area contributed by atoms with Crippen molar-refractivity contribution < 1.29 is 9.90 Å². The van der Waals surface area contributed by atoms with Crippen LogP contribution in [0.15, 0.2) is 18.3 Å². The van der Waals surface area contributed by atoms with Gasteiger partial charge < -0.3 is 15.3 Å². The van der Waals surface area contributed by atoms with Crippen LogP contribution in [-0.2, 0) is 0 Å². The summed E-state index contributed by atoms with van der Waals surface area (Å²) in [6.07, 6.45) is 1.37. The standard InChI is InChI=1S/C13H21N3O2/c1-9(2)11(8-16(3)4)15-12-6-5-10(7-14-12)13(17)18/h5-7,9,11H,8H2,1-4H3,(H,14,15)(H,17,18). The van der Waals surface area contributed by atoms with E-state index in [1.807, 2.05) is 14.1 Å². The molecule has 5 nitrogen and oxygen atoms in total. The van der Waals surface area contributed by atoms with Gasteiger partial charge >= 0.3 is 5.97 Å². The maximum Gasteiger partial charge on any atom is 0.337 e. The number of hydrogen-bond donors (Lipinski definition) is 2. The molecule has 0 saturated carbocycles. The van der Waals surface area contributed by atoms with Gasteiger partial charge in [0, 0.05) is 18.8 Å². The minimum absolute atomic E-state index is 0.203. The second-order valence-electron chi connectivity index (χ2n) is 4.99. The number of aromatic nitrogens is 1. The van der Waals surface area contributed by atoms with Crippen LogP contribution in [0, 0.1) is 5.92 Å². The fourth-order valence-corrected chi connectivity index (χ4v) is 1.61. The first-order chi connectivity index (χ1) is 8.40. The van der Waals surface area contributed by atoms with Crippen LogP contribution in [-0.4, -0.2) is 47.6 Å². The molecule has 18 heavy (non-hydrogen) atoms. The number of carbonyl (C=O) groups is 1. The molecule has 5 heteroatoms. The topological polar surface area (TPSA) is 65.5 Å². The molecule has 0 aliphatic carbocycles. The highest BCUT2D eigenvalue weighted by molar-refractivity contribution is 5.87. The molecule has 0 aromatic carbocycles. The van der Waals surface area contributed by atoms with Crippen LogP contribution in [0.3, 0.4) is 0 Å². The Bertz CT molecular complexity index is 388. The predicted molar refractivity (Wildman–Crippen MR) is 72.0 cm³/mol. The Hall–Kier alpha value is -1.62. The van der Waals surface area contributed by atoms with Crippen LogP contribution in [0.2, 0.25) is 0 Å². The van der Waals surface area contributed by atoms with E-state index in [0.717, 1.165) is 6.54 Å². The number of carboxylic acid groups (broad SMARTS) is 1. The lowest BCUT2D eigenvalue weighted by Gasteiger charge is -2.26. The van der Waals surface area contributed by atoms with Crippen LogP contribution in [0.25, 0.3) is 0 Å². The molecule has 1 heterocycles. The summed E-state index contributed by atoms with van der Waals surface area (Å²) in [4.78, 5) is 17.0. The number of pyridine rings is 1. The molecule has 100 valence electrons. The minimum Gasteiger partial charge on any atom is -0.478 e. The van der Waals surface area contributed by atoms with E-state index in [2.05, 4.69) is 29.0 Å². The number of hydrogen-bond acceptors (Lipinski definition) is 4. The molecule has 0 aliphatic rings. The quantitative estimate of drug-likeness (QED) is 0.806. The van der Waals surface area contributed by atoms with Crippen molar-refractivity contribution in [2.45, 2.75) is 19.9 Å². The summed E-state index contributed by atoms with van der Waals surface area (Å²) in [7, 11) is 4.05. The van der Waals surface area contributed by atoms with Gasteiger partial charge in [0.2, 0.25) is 0 Å². The van der Waals surface area contributed by atoms with Crippen molar-refractivity contribution in [3.63, 3.8) is 0 Å². The maximum absolute atomic E-state index is 10.7. The average Bonchev–Trinajstić information content (AvgIpc) is 2.28. The number of nitrogens with zero attached hydrogens (tertiary/aromatic N) is 2. The molecule has 1 aromatic heterocycles. The molecule has 1 aromatic rings. The van der Waals surface area contributed by atoms with E-state index in [9.17, 15) is 4.79 Å². The third-order valence-corrected chi connectivity index (χ3v) is 2.71. The van der Waals surface area contributed by atoms with E-state index < -0.39 is 5.97 Å². The molecule has 0 radical (unpaired) electrons. The lowest BCUT2D eigenvalue weighted by molar-refractivity contribution is 0.0696. The summed E-state index contributed by atoms with van der Waals surface area (Å²) in [6.45, 7) is 5.19. The number of nitrogens with one attached hydrogen (secondary N) is 1. The number of likely N-dealkylation sites (N-methyl/N-ethyl adjacent to an activating group) is 1. The minimum atomic E-state index is -0.956. The van der Waals surface area contributed by atoms with Gasteiger partial charge in [-0.05, 0) is 32.1 Å². The monoisotopic (exact) mass is 251 g/mol. The lowest BCUT2D eigenvalue weighted by atomic mass is 10.0. The molecular formula is C13H21N3O2. The van der Waals surface area contributed by atoms with Crippen molar-refractivity contribution in [1.82, 2.24) is 9.88 Å². The van der Waals surface area contributed by atoms with Crippen LogP contribution >= 0.6 is 0 Å². The number of carboxylic acids is 1. The Morgan fingerprint density at radius 3 is 2.50 bits per heavy atom. The van der Waals surface area contributed by atoms with Crippen molar-refractivity contribution in [2.75, 3.05) is 26.0 Å². The summed E-state index contributed by atoms with van der Waals surface area (Å²) in [6, 6.07) is 3.54. The van der Waals surface area contributed by atoms with Crippen molar-refractivity contribution >= 4 is 11.8 Å². The first kappa shape index (κ1) is 14.4. The van der Waals surface area contributed by atoms with Crippen molar-refractivity contribution in [3.05, 3.63) is 23.9 Å². The third kappa shape index (κ3) is 4.33. The maximum atomic E-state index is 10.7. The molecule has 2 N–H and O–H groups in total. The van der Waals surface area contributed by atoms with E-state index in [1.165, 1.54) is 6.20 Å². The summed E-state index contributed by atoms with van der Waals surface area (Å²) in [5, 5.41) is 12.1. The zero-order valence-electron chi connectivity index (χ0n) is 11.3. The summed E-state index contributed by atoms with van der Waals surface area (Å²) < 4.78 is 0. The van der Waals surface area contributed by atoms with Gasteiger partial charge in [0.1, 0.15) is 5.82 Å². The normalized spacial score (nSPS) is 12.8. The summed E-state index contributed by atoms with van der Waals surface area (Å²) in [5.41, 5.74) is 0.203. The number of rotatable bonds is 6. The molecule has 1 rings (SSSR count). The average molecular weight is 251 g/mol. The Kier molecular flexibility index (Phi) is 5.09. The highest BCUT2D eigenvalue weighted by atomic mass is 16.4. The lowest BCUT2D eigenvalue weighted by Crippen LogP contribution is -2.36. The molecular weight excluding hydrogens is 230 g/mol. The Balaban J connectivity index is 2.72. The Morgan fingerprint density at radius 2 is 2.11 bits per heavy atom. The van der Waals surface area contributed by atoms with Gasteiger partial charge in [0.15, 0.2) is 0 Å². The first-order valence-electron chi connectivity index (χ1n) is 6.00. The van der Waals surface area contributed by atoms with Crippen molar-refractivity contribution in [1.29, 1.82) is 0 Å². The van der Waals surface area contributed by atoms with Gasteiger partial charge in [-0.3, -0.25) is 0 Å². The van der Waals surface area contributed by atoms with Gasteiger partial charge in [0.25, 0.3) is 0 Å². The first-order valence-corrected chi connectivity index (χ1v) is 6.00. The van der Waals surface area contributed by atoms with Crippen LogP contribution < -0.4 is 5.32 Å². The van der Waals surface area contributed by atoms with Gasteiger partial charge in [-0.1, -0.05) is 13.8 Å². The molecule has 0 aliphatic heterocycles. The zero-order valence-corrected chi connectivity index (χ0v) is 11.3. The van der Waals surface area contributed by atoms with Gasteiger partial charge in [-0.15, -0.1) is 0 Å². The van der Waals surface area contributed by atoms with E-state index >= 15 is 0 Å². The fraction of sp³-hybridized carbons (Fsp3) is 0.538. The SMILES string of the molecule is CC(C)C(CN(C)C)Nc1ccc(C(=O)O)cn1.